The highest BCUT2D eigenvalue weighted by atomic mass is 32.2. The molecule has 0 aliphatic heterocycles. The van der Waals surface area contributed by atoms with Crippen molar-refractivity contribution in [1.82, 2.24) is 24.9 Å². The third kappa shape index (κ3) is 5.47. The van der Waals surface area contributed by atoms with Crippen molar-refractivity contribution in [1.29, 1.82) is 0 Å². The SMILES string of the molecule is CCOc1cncc(-c2ccc(NC(=O)C3(c4ccnc(NS(=O)(=O)C5CC5)n4)CCC(=O)CC3)nc2)n1. The molecule has 198 valence electrons. The molecule has 0 atom stereocenters. The fourth-order valence-corrected chi connectivity index (χ4v) is 5.65. The van der Waals surface area contributed by atoms with Crippen molar-refractivity contribution in [3.05, 3.63) is 48.7 Å². The second kappa shape index (κ2) is 10.4. The number of sulfonamides is 1. The fourth-order valence-electron chi connectivity index (χ4n) is 4.38. The van der Waals surface area contributed by atoms with Crippen molar-refractivity contribution in [3.8, 4) is 17.1 Å². The Morgan fingerprint density at radius 2 is 1.87 bits per heavy atom. The number of hydrogen-bond acceptors (Lipinski definition) is 10. The third-order valence-corrected chi connectivity index (χ3v) is 8.46. The molecule has 0 saturated heterocycles. The van der Waals surface area contributed by atoms with Crippen LogP contribution >= 0.6 is 0 Å². The molecule has 0 aromatic carbocycles. The van der Waals surface area contributed by atoms with Crippen molar-refractivity contribution < 1.29 is 22.7 Å². The number of pyridine rings is 1. The van der Waals surface area contributed by atoms with Crippen LogP contribution in [0, 0.1) is 0 Å². The van der Waals surface area contributed by atoms with E-state index in [9.17, 15) is 18.0 Å². The maximum absolute atomic E-state index is 13.7. The Bertz CT molecular complexity index is 1450. The van der Waals surface area contributed by atoms with Gasteiger partial charge in [0.1, 0.15) is 11.6 Å². The molecule has 0 radical (unpaired) electrons. The van der Waals surface area contributed by atoms with Crippen LogP contribution in [0.15, 0.2) is 43.0 Å². The van der Waals surface area contributed by atoms with E-state index in [1.165, 1.54) is 12.4 Å². The number of hydrogen-bond donors (Lipinski definition) is 2. The van der Waals surface area contributed by atoms with Crippen LogP contribution in [0.1, 0.15) is 51.1 Å². The molecule has 12 nitrogen and oxygen atoms in total. The topological polar surface area (TPSA) is 166 Å². The minimum atomic E-state index is -3.58. The predicted octanol–water partition coefficient (Wildman–Crippen LogP) is 2.65. The molecule has 0 spiro atoms. The van der Waals surface area contributed by atoms with Gasteiger partial charge in [-0.25, -0.2) is 28.4 Å². The highest BCUT2D eigenvalue weighted by Gasteiger charge is 2.45. The molecular formula is C25H27N7O5S. The summed E-state index contributed by atoms with van der Waals surface area (Å²) in [7, 11) is -3.58. The summed E-state index contributed by atoms with van der Waals surface area (Å²) in [4.78, 5) is 47.1. The molecule has 5 rings (SSSR count). The average molecular weight is 538 g/mol. The van der Waals surface area contributed by atoms with Gasteiger partial charge in [0.25, 0.3) is 0 Å². The number of ether oxygens (including phenoxy) is 1. The number of aromatic nitrogens is 5. The van der Waals surface area contributed by atoms with Gasteiger partial charge in [-0.3, -0.25) is 19.3 Å². The second-order valence-electron chi connectivity index (χ2n) is 9.29. The second-order valence-corrected chi connectivity index (χ2v) is 11.3. The molecule has 2 aliphatic carbocycles. The summed E-state index contributed by atoms with van der Waals surface area (Å²) in [6, 6.07) is 5.00. The van der Waals surface area contributed by atoms with E-state index in [0.29, 0.717) is 48.1 Å². The Morgan fingerprint density at radius 3 is 2.55 bits per heavy atom. The van der Waals surface area contributed by atoms with E-state index in [2.05, 4.69) is 35.0 Å². The van der Waals surface area contributed by atoms with Gasteiger partial charge in [-0.1, -0.05) is 0 Å². The van der Waals surface area contributed by atoms with Crippen LogP contribution in [-0.4, -0.2) is 56.9 Å². The van der Waals surface area contributed by atoms with Crippen molar-refractivity contribution >= 4 is 33.5 Å². The van der Waals surface area contributed by atoms with Crippen molar-refractivity contribution in [3.63, 3.8) is 0 Å². The molecule has 2 aliphatic rings. The number of carbonyl (C=O) groups excluding carboxylic acids is 2. The van der Waals surface area contributed by atoms with Gasteiger partial charge in [0.15, 0.2) is 0 Å². The smallest absolute Gasteiger partial charge is 0.237 e. The quantitative estimate of drug-likeness (QED) is 0.414. The van der Waals surface area contributed by atoms with Crippen molar-refractivity contribution in [2.24, 2.45) is 0 Å². The van der Waals surface area contributed by atoms with Crippen LogP contribution in [0.4, 0.5) is 11.8 Å². The van der Waals surface area contributed by atoms with Gasteiger partial charge in [0.05, 0.1) is 41.1 Å². The zero-order valence-corrected chi connectivity index (χ0v) is 21.6. The van der Waals surface area contributed by atoms with Crippen LogP contribution in [0.3, 0.4) is 0 Å². The highest BCUT2D eigenvalue weighted by molar-refractivity contribution is 7.93. The van der Waals surface area contributed by atoms with E-state index in [0.717, 1.165) is 0 Å². The summed E-state index contributed by atoms with van der Waals surface area (Å²) in [5.74, 6) is 0.317. The van der Waals surface area contributed by atoms with Gasteiger partial charge in [0.2, 0.25) is 27.8 Å². The lowest BCUT2D eigenvalue weighted by Gasteiger charge is -2.34. The van der Waals surface area contributed by atoms with E-state index < -0.39 is 20.7 Å². The van der Waals surface area contributed by atoms with Gasteiger partial charge < -0.3 is 10.1 Å². The number of ketones is 1. The number of rotatable bonds is 9. The van der Waals surface area contributed by atoms with Crippen LogP contribution in [-0.2, 0) is 25.0 Å². The van der Waals surface area contributed by atoms with Gasteiger partial charge >= 0.3 is 0 Å². The predicted molar refractivity (Wildman–Crippen MR) is 138 cm³/mol. The molecule has 2 N–H and O–H groups in total. The van der Waals surface area contributed by atoms with E-state index in [1.54, 1.807) is 30.6 Å². The zero-order chi connectivity index (χ0) is 26.8. The molecule has 2 saturated carbocycles. The Hall–Kier alpha value is -4.00. The molecule has 3 heterocycles. The molecule has 13 heteroatoms. The standard InChI is InChI=1S/C25H27N7O5S/c1-2-37-22-15-26-14-19(29-22)16-3-6-21(28-13-16)31-23(34)25(10-7-17(33)8-11-25)20-9-12-27-24(30-20)32-38(35,36)18-4-5-18/h3,6,9,12-15,18H,2,4-5,7-8,10-11H2,1H3,(H,27,30,32)(H,28,31,34). The maximum Gasteiger partial charge on any atom is 0.237 e. The Labute approximate surface area is 219 Å². The van der Waals surface area contributed by atoms with Gasteiger partial charge in [-0.2, -0.15) is 0 Å². The van der Waals surface area contributed by atoms with E-state index >= 15 is 0 Å². The summed E-state index contributed by atoms with van der Waals surface area (Å²) < 4.78 is 32.6. The Kier molecular flexibility index (Phi) is 7.02. The van der Waals surface area contributed by atoms with Crippen molar-refractivity contribution in [2.45, 2.75) is 56.1 Å². The molecule has 3 aromatic heterocycles. The van der Waals surface area contributed by atoms with Crippen molar-refractivity contribution in [2.75, 3.05) is 16.6 Å². The molecule has 3 aromatic rings. The molecule has 0 bridgehead atoms. The lowest BCUT2D eigenvalue weighted by Crippen LogP contribution is -2.44. The number of carbonyl (C=O) groups is 2. The van der Waals surface area contributed by atoms with Gasteiger partial charge in [-0.05, 0) is 50.8 Å². The average Bonchev–Trinajstić information content (AvgIpc) is 3.77. The first-order valence-electron chi connectivity index (χ1n) is 12.4. The first-order valence-corrected chi connectivity index (χ1v) is 13.9. The number of Topliss-reactive ketones (excluding diaryl/α,β-unsaturated/α-hetero) is 1. The lowest BCUT2D eigenvalue weighted by molar-refractivity contribution is -0.127. The highest BCUT2D eigenvalue weighted by Crippen LogP contribution is 2.39. The van der Waals surface area contributed by atoms with Crippen LogP contribution in [0.2, 0.25) is 0 Å². The van der Waals surface area contributed by atoms with E-state index in [-0.39, 0.29) is 43.3 Å². The number of nitrogens with one attached hydrogen (secondary N) is 2. The Morgan fingerprint density at radius 1 is 1.08 bits per heavy atom. The summed E-state index contributed by atoms with van der Waals surface area (Å²) in [6.45, 7) is 2.33. The summed E-state index contributed by atoms with van der Waals surface area (Å²) in [6.07, 6.45) is 8.20. The van der Waals surface area contributed by atoms with Gasteiger partial charge in [-0.15, -0.1) is 0 Å². The number of anilines is 2. The first kappa shape index (κ1) is 25.6. The van der Waals surface area contributed by atoms with E-state index in [4.69, 9.17) is 4.74 Å². The normalized spacial score (nSPS) is 17.0. The molecule has 0 unspecified atom stereocenters. The molecule has 2 fully saturated rings. The Balaban J connectivity index is 1.38. The number of amides is 1. The molecule has 38 heavy (non-hydrogen) atoms. The third-order valence-electron chi connectivity index (χ3n) is 6.64. The lowest BCUT2D eigenvalue weighted by atomic mass is 9.70. The molecule has 1 amide bonds. The first-order chi connectivity index (χ1) is 18.3. The molecular weight excluding hydrogens is 510 g/mol. The summed E-state index contributed by atoms with van der Waals surface area (Å²) in [5, 5.41) is 2.41. The fraction of sp³-hybridized carbons (Fsp3) is 0.400. The zero-order valence-electron chi connectivity index (χ0n) is 20.8. The minimum Gasteiger partial charge on any atom is -0.477 e. The van der Waals surface area contributed by atoms with Gasteiger partial charge in [0, 0.05) is 30.8 Å². The summed E-state index contributed by atoms with van der Waals surface area (Å²) >= 11 is 0. The largest absolute Gasteiger partial charge is 0.477 e. The van der Waals surface area contributed by atoms with Crippen LogP contribution < -0.4 is 14.8 Å². The number of nitrogens with zero attached hydrogens (tertiary/aromatic N) is 5. The van der Waals surface area contributed by atoms with Crippen LogP contribution in [0.5, 0.6) is 5.88 Å². The minimum absolute atomic E-state index is 0.0648. The van der Waals surface area contributed by atoms with E-state index in [1.807, 2.05) is 6.92 Å². The summed E-state index contributed by atoms with van der Waals surface area (Å²) in [5.41, 5.74) is 0.476. The maximum atomic E-state index is 13.7. The van der Waals surface area contributed by atoms with Crippen LogP contribution in [0.25, 0.3) is 11.3 Å². The monoisotopic (exact) mass is 537 g/mol.